The van der Waals surface area contributed by atoms with Crippen LogP contribution in [0, 0.1) is 5.41 Å². The fraction of sp³-hybridized carbons (Fsp3) is 1.00. The summed E-state index contributed by atoms with van der Waals surface area (Å²) >= 11 is 0. The van der Waals surface area contributed by atoms with Crippen molar-refractivity contribution in [3.05, 3.63) is 0 Å². The van der Waals surface area contributed by atoms with Crippen LogP contribution in [0.4, 0.5) is 0 Å². The number of epoxide rings is 1. The van der Waals surface area contributed by atoms with E-state index in [2.05, 4.69) is 6.92 Å². The van der Waals surface area contributed by atoms with Gasteiger partial charge in [-0.25, -0.2) is 0 Å². The molecule has 0 amide bonds. The van der Waals surface area contributed by atoms with E-state index in [1.807, 2.05) is 0 Å². The van der Waals surface area contributed by atoms with Crippen molar-refractivity contribution in [1.29, 1.82) is 0 Å². The fourth-order valence-corrected chi connectivity index (χ4v) is 1.06. The Bertz CT molecular complexity index is 103. The second kappa shape index (κ2) is 1.25. The van der Waals surface area contributed by atoms with E-state index < -0.39 is 0 Å². The van der Waals surface area contributed by atoms with Gasteiger partial charge in [0.1, 0.15) is 0 Å². The van der Waals surface area contributed by atoms with Gasteiger partial charge >= 0.3 is 0 Å². The van der Waals surface area contributed by atoms with E-state index in [0.717, 1.165) is 19.8 Å². The monoisotopic (exact) mass is 114 g/mol. The first-order valence-electron chi connectivity index (χ1n) is 3.01. The van der Waals surface area contributed by atoms with E-state index in [1.54, 1.807) is 0 Å². The summed E-state index contributed by atoms with van der Waals surface area (Å²) in [5, 5.41) is 0. The molecule has 0 N–H and O–H groups in total. The molecule has 2 heterocycles. The van der Waals surface area contributed by atoms with Crippen molar-refractivity contribution in [1.82, 2.24) is 0 Å². The number of hydrogen-bond donors (Lipinski definition) is 0. The maximum atomic E-state index is 5.14. The maximum absolute atomic E-state index is 5.14. The molecule has 0 aromatic carbocycles. The predicted molar refractivity (Wildman–Crippen MR) is 28.7 cm³/mol. The third-order valence-electron chi connectivity index (χ3n) is 1.97. The highest BCUT2D eigenvalue weighted by Gasteiger charge is 2.48. The van der Waals surface area contributed by atoms with Crippen molar-refractivity contribution in [3.8, 4) is 0 Å². The van der Waals surface area contributed by atoms with E-state index in [0.29, 0.717) is 11.5 Å². The first kappa shape index (κ1) is 4.77. The van der Waals surface area contributed by atoms with Crippen molar-refractivity contribution in [3.63, 3.8) is 0 Å². The van der Waals surface area contributed by atoms with E-state index in [4.69, 9.17) is 9.47 Å². The van der Waals surface area contributed by atoms with Crippen molar-refractivity contribution in [2.75, 3.05) is 19.8 Å². The molecule has 0 bridgehead atoms. The van der Waals surface area contributed by atoms with Crippen LogP contribution in [0.25, 0.3) is 0 Å². The van der Waals surface area contributed by atoms with Gasteiger partial charge < -0.3 is 9.47 Å². The summed E-state index contributed by atoms with van der Waals surface area (Å²) in [6.45, 7) is 4.98. The molecular formula is C6H10O2. The van der Waals surface area contributed by atoms with Crippen molar-refractivity contribution in [2.45, 2.75) is 13.0 Å². The van der Waals surface area contributed by atoms with Crippen LogP contribution >= 0.6 is 0 Å². The third kappa shape index (κ3) is 0.501. The lowest BCUT2D eigenvalue weighted by Gasteiger charge is -2.36. The number of hydrogen-bond acceptors (Lipinski definition) is 2. The average Bonchev–Trinajstić information content (AvgIpc) is 2.38. The largest absolute Gasteiger partial charge is 0.380 e. The van der Waals surface area contributed by atoms with Crippen LogP contribution in [0.1, 0.15) is 6.92 Å². The number of ether oxygens (including phenoxy) is 2. The number of rotatable bonds is 1. The Balaban J connectivity index is 1.99. The Hall–Kier alpha value is -0.0800. The molecule has 2 aliphatic rings. The van der Waals surface area contributed by atoms with Gasteiger partial charge in [-0.1, -0.05) is 6.92 Å². The van der Waals surface area contributed by atoms with Crippen molar-refractivity contribution < 1.29 is 9.47 Å². The quantitative estimate of drug-likeness (QED) is 0.461. The zero-order chi connectivity index (χ0) is 5.61. The third-order valence-corrected chi connectivity index (χ3v) is 1.97. The van der Waals surface area contributed by atoms with Crippen LogP contribution < -0.4 is 0 Å². The molecule has 0 aliphatic carbocycles. The summed E-state index contributed by atoms with van der Waals surface area (Å²) in [6, 6.07) is 0. The summed E-state index contributed by atoms with van der Waals surface area (Å²) in [5.41, 5.74) is 0.389. The molecule has 2 rings (SSSR count). The molecule has 2 saturated heterocycles. The van der Waals surface area contributed by atoms with Gasteiger partial charge in [0.05, 0.1) is 25.9 Å². The lowest BCUT2D eigenvalue weighted by Crippen LogP contribution is -2.44. The van der Waals surface area contributed by atoms with Crippen LogP contribution in [-0.2, 0) is 9.47 Å². The van der Waals surface area contributed by atoms with Gasteiger partial charge in [0.25, 0.3) is 0 Å². The minimum Gasteiger partial charge on any atom is -0.380 e. The van der Waals surface area contributed by atoms with Gasteiger partial charge in [-0.15, -0.1) is 0 Å². The van der Waals surface area contributed by atoms with Gasteiger partial charge in [0.15, 0.2) is 0 Å². The van der Waals surface area contributed by atoms with Crippen LogP contribution in [0.15, 0.2) is 0 Å². The van der Waals surface area contributed by atoms with Gasteiger partial charge in [-0.3, -0.25) is 0 Å². The lowest BCUT2D eigenvalue weighted by molar-refractivity contribution is -0.114. The summed E-state index contributed by atoms with van der Waals surface area (Å²) in [4.78, 5) is 0. The van der Waals surface area contributed by atoms with E-state index in [1.165, 1.54) is 0 Å². The topological polar surface area (TPSA) is 21.8 Å². The van der Waals surface area contributed by atoms with Crippen LogP contribution in [0.5, 0.6) is 0 Å². The van der Waals surface area contributed by atoms with Crippen LogP contribution in [-0.4, -0.2) is 25.9 Å². The maximum Gasteiger partial charge on any atom is 0.0907 e. The molecule has 8 heavy (non-hydrogen) atoms. The minimum absolute atomic E-state index is 0.389. The van der Waals surface area contributed by atoms with Crippen molar-refractivity contribution in [2.24, 2.45) is 5.41 Å². The fourth-order valence-electron chi connectivity index (χ4n) is 1.06. The van der Waals surface area contributed by atoms with Gasteiger partial charge in [-0.2, -0.15) is 0 Å². The molecule has 2 nitrogen and oxygen atoms in total. The summed E-state index contributed by atoms with van der Waals surface area (Å²) in [7, 11) is 0. The molecule has 2 aliphatic heterocycles. The standard InChI is InChI=1S/C6H10O2/c1-6(3-7-4-6)5-2-8-5/h5H,2-4H2,1H3. The summed E-state index contributed by atoms with van der Waals surface area (Å²) in [6.07, 6.45) is 0.524. The molecule has 1 atom stereocenters. The van der Waals surface area contributed by atoms with Crippen LogP contribution in [0.3, 0.4) is 0 Å². The molecule has 46 valence electrons. The smallest absolute Gasteiger partial charge is 0.0907 e. The molecular weight excluding hydrogens is 104 g/mol. The summed E-state index contributed by atoms with van der Waals surface area (Å²) < 4.78 is 10.2. The Labute approximate surface area is 48.8 Å². The molecule has 0 radical (unpaired) electrons. The summed E-state index contributed by atoms with van der Waals surface area (Å²) in [5.74, 6) is 0. The Kier molecular flexibility index (Phi) is 0.746. The van der Waals surface area contributed by atoms with E-state index >= 15 is 0 Å². The Morgan fingerprint density at radius 3 is 2.25 bits per heavy atom. The van der Waals surface area contributed by atoms with Gasteiger partial charge in [0, 0.05) is 5.41 Å². The molecule has 1 unspecified atom stereocenters. The molecule has 2 fully saturated rings. The lowest BCUT2D eigenvalue weighted by atomic mass is 9.85. The second-order valence-corrected chi connectivity index (χ2v) is 2.97. The normalized spacial score (nSPS) is 40.9. The molecule has 0 saturated carbocycles. The Morgan fingerprint density at radius 1 is 1.50 bits per heavy atom. The first-order valence-corrected chi connectivity index (χ1v) is 3.01. The average molecular weight is 114 g/mol. The highest BCUT2D eigenvalue weighted by Crippen LogP contribution is 2.38. The highest BCUT2D eigenvalue weighted by atomic mass is 16.6. The molecule has 0 aromatic heterocycles. The van der Waals surface area contributed by atoms with Gasteiger partial charge in [-0.05, 0) is 0 Å². The van der Waals surface area contributed by atoms with E-state index in [-0.39, 0.29) is 0 Å². The van der Waals surface area contributed by atoms with Gasteiger partial charge in [0.2, 0.25) is 0 Å². The van der Waals surface area contributed by atoms with Crippen molar-refractivity contribution >= 4 is 0 Å². The SMILES string of the molecule is CC1(C2CO2)COC1. The second-order valence-electron chi connectivity index (χ2n) is 2.97. The molecule has 0 spiro atoms. The van der Waals surface area contributed by atoms with E-state index in [9.17, 15) is 0 Å². The minimum atomic E-state index is 0.389. The zero-order valence-corrected chi connectivity index (χ0v) is 5.02. The Morgan fingerprint density at radius 2 is 2.12 bits per heavy atom. The first-order chi connectivity index (χ1) is 3.81. The predicted octanol–water partition coefficient (Wildman–Crippen LogP) is 0.422. The molecule has 0 aromatic rings. The molecule has 2 heteroatoms. The van der Waals surface area contributed by atoms with Crippen LogP contribution in [0.2, 0.25) is 0 Å². The highest BCUT2D eigenvalue weighted by molar-refractivity contribution is 4.94. The zero-order valence-electron chi connectivity index (χ0n) is 5.02.